The van der Waals surface area contributed by atoms with Gasteiger partial charge in [-0.25, -0.2) is 0 Å². The first-order valence-electron chi connectivity index (χ1n) is 26.8. The number of rotatable bonds is 23. The van der Waals surface area contributed by atoms with E-state index in [0.717, 1.165) is 5.56 Å². The van der Waals surface area contributed by atoms with Crippen molar-refractivity contribution in [2.24, 2.45) is 42.8 Å². The van der Waals surface area contributed by atoms with Crippen LogP contribution < -0.4 is 33.2 Å². The molecule has 85 heavy (non-hydrogen) atoms. The number of nitriles is 2. The summed E-state index contributed by atoms with van der Waals surface area (Å²) in [6, 6.07) is 49.9. The Balaban J connectivity index is 0.000000304. The number of hydrogen-bond acceptors (Lipinski definition) is 15. The molecule has 4 atom stereocenters. The third-order valence-corrected chi connectivity index (χ3v) is 13.0. The van der Waals surface area contributed by atoms with Crippen molar-refractivity contribution in [3.63, 3.8) is 0 Å². The van der Waals surface area contributed by atoms with E-state index in [4.69, 9.17) is 22.3 Å². The minimum Gasteiger partial charge on any atom is -0.510 e. The Kier molecular flexibility index (Phi) is 25.6. The van der Waals surface area contributed by atoms with Crippen LogP contribution in [0.15, 0.2) is 201 Å². The van der Waals surface area contributed by atoms with Gasteiger partial charge in [-0.15, -0.1) is 10.2 Å². The number of hydrogen-bond donors (Lipinski definition) is 9. The van der Waals surface area contributed by atoms with Crippen LogP contribution in [0.4, 0.5) is 34.1 Å². The summed E-state index contributed by atoms with van der Waals surface area (Å²) in [5.74, 6) is -3.98. The zero-order valence-electron chi connectivity index (χ0n) is 48.1. The molecule has 12 N–H and O–H groups in total. The number of amides is 5. The average Bonchev–Trinajstić information content (AvgIpc) is 3.67. The average molecular weight is 1150 g/mol. The zero-order chi connectivity index (χ0) is 62.7. The van der Waals surface area contributed by atoms with Crippen molar-refractivity contribution in [2.75, 3.05) is 21.7 Å². The fourth-order valence-electron chi connectivity index (χ4n) is 8.45. The van der Waals surface area contributed by atoms with Gasteiger partial charge < -0.3 is 48.5 Å². The molecule has 6 rings (SSSR count). The molecule has 0 aliphatic rings. The smallest absolute Gasteiger partial charge is 0.303 e. The molecule has 0 saturated carbocycles. The second-order valence-electron chi connectivity index (χ2n) is 20.5. The van der Waals surface area contributed by atoms with E-state index in [1.54, 1.807) is 72.8 Å². The predicted octanol–water partition coefficient (Wildman–Crippen LogP) is 13.2. The molecule has 440 valence electrons. The highest BCUT2D eigenvalue weighted by atomic mass is 16.4. The summed E-state index contributed by atoms with van der Waals surface area (Å²) in [4.78, 5) is 71.0. The number of carboxylic acid groups (broad SMARTS) is 1. The summed E-state index contributed by atoms with van der Waals surface area (Å²) in [5.41, 5.74) is 19.4. The number of carbonyl (C=O) groups excluding carboxylic acids is 5. The molecule has 0 aliphatic heterocycles. The molecule has 0 saturated heterocycles. The summed E-state index contributed by atoms with van der Waals surface area (Å²) in [6.07, 6.45) is 2.29. The number of aliphatic hydroxyl groups excluding tert-OH is 2. The highest BCUT2D eigenvalue weighted by molar-refractivity contribution is 6.05. The first-order valence-corrected chi connectivity index (χ1v) is 26.8. The number of nitrogens with zero attached hydrogens (tertiary/aromatic N) is 6. The summed E-state index contributed by atoms with van der Waals surface area (Å²) in [7, 11) is 0. The van der Waals surface area contributed by atoms with Crippen molar-refractivity contribution >= 4 is 69.6 Å². The van der Waals surface area contributed by atoms with Crippen LogP contribution in [0.5, 0.6) is 0 Å². The lowest BCUT2D eigenvalue weighted by Crippen LogP contribution is -2.21. The van der Waals surface area contributed by atoms with Gasteiger partial charge >= 0.3 is 5.97 Å². The topological polar surface area (TPSA) is 374 Å². The van der Waals surface area contributed by atoms with E-state index in [1.165, 1.54) is 43.7 Å². The van der Waals surface area contributed by atoms with Crippen LogP contribution in [-0.2, 0) is 19.2 Å². The number of anilines is 4. The third kappa shape index (κ3) is 22.9. The Labute approximate surface area is 493 Å². The van der Waals surface area contributed by atoms with Gasteiger partial charge in [0.05, 0.1) is 34.3 Å². The standard InChI is InChI=1S/C32H34N6O4.C17H17N5O3.C15H19NO2/c1-21(23-9-5-4-6-10-23)19-32(3,20-33)16-15-28(40)35-25-12-8-13-26(18-25)36-31(42)29(22(2)39)38-37-27-14-7-11-24(17-27)30(34)41;1-10(23)15(17(25)20-13-6-3-5-12(18)9-13)22-21-14-7-2-4-11(8-14)16(19)24;1-12(13-6-4-3-5-7-13)10-15(2,11-16)9-8-14(17)18/h4-14,17-18,21,39H,15-16,19H2,1-3H3,(H2,34,41)(H,35,40)(H,36,42);2-9,23H,18H2,1H3,(H2,19,24)(H,20,25);3-7,12H,8-10H2,1-2H3,(H,17,18). The highest BCUT2D eigenvalue weighted by Gasteiger charge is 2.29. The van der Waals surface area contributed by atoms with Gasteiger partial charge in [0.15, 0.2) is 11.4 Å². The molecule has 0 radical (unpaired) electrons. The molecule has 21 nitrogen and oxygen atoms in total. The van der Waals surface area contributed by atoms with E-state index in [1.807, 2.05) is 74.5 Å². The summed E-state index contributed by atoms with van der Waals surface area (Å²) >= 11 is 0. The lowest BCUT2D eigenvalue weighted by molar-refractivity contribution is -0.137. The summed E-state index contributed by atoms with van der Waals surface area (Å²) < 4.78 is 0. The Hall–Kier alpha value is -10.8. The van der Waals surface area contributed by atoms with Crippen molar-refractivity contribution in [2.45, 2.75) is 91.9 Å². The second kappa shape index (κ2) is 32.6. The van der Waals surface area contributed by atoms with Crippen LogP contribution in [0.25, 0.3) is 0 Å². The number of benzene rings is 6. The third-order valence-electron chi connectivity index (χ3n) is 13.0. The maximum atomic E-state index is 12.8. The van der Waals surface area contributed by atoms with Crippen molar-refractivity contribution < 1.29 is 44.1 Å². The van der Waals surface area contributed by atoms with Crippen LogP contribution in [0.2, 0.25) is 0 Å². The van der Waals surface area contributed by atoms with Gasteiger partial charge in [0.1, 0.15) is 11.5 Å². The van der Waals surface area contributed by atoms with Gasteiger partial charge in [0.2, 0.25) is 17.7 Å². The molecule has 5 amide bonds. The number of carboxylic acids is 1. The van der Waals surface area contributed by atoms with E-state index in [2.05, 4.69) is 62.4 Å². The zero-order valence-corrected chi connectivity index (χ0v) is 48.1. The number of aliphatic carboxylic acids is 1. The molecule has 0 spiro atoms. The normalized spacial score (nSPS) is 13.6. The number of nitrogens with one attached hydrogen (secondary N) is 3. The Bertz CT molecular complexity index is 3530. The highest BCUT2D eigenvalue weighted by Crippen LogP contribution is 2.36. The molecular weight excluding hydrogens is 1080 g/mol. The van der Waals surface area contributed by atoms with Crippen LogP contribution in [0.3, 0.4) is 0 Å². The molecule has 0 heterocycles. The van der Waals surface area contributed by atoms with Gasteiger partial charge in [-0.1, -0.05) is 98.8 Å². The van der Waals surface area contributed by atoms with Crippen LogP contribution >= 0.6 is 0 Å². The van der Waals surface area contributed by atoms with Crippen molar-refractivity contribution in [3.8, 4) is 12.1 Å². The molecular formula is C64H70N12O9. The summed E-state index contributed by atoms with van der Waals surface area (Å²) in [6.45, 7) is 10.5. The SMILES string of the molecule is CC(CC(C)(C#N)CCC(=O)O)c1ccccc1.CC(O)=C(N=Nc1cccc(C(N)=O)c1)C(=O)Nc1cccc(N)c1.CC(O)=C(N=Nc1cccc(C(N)=O)c1)C(=O)Nc1cccc(NC(=O)CCC(C)(C#N)CC(C)c2ccccc2)c1. The van der Waals surface area contributed by atoms with E-state index < -0.39 is 40.4 Å². The fourth-order valence-corrected chi connectivity index (χ4v) is 8.45. The second-order valence-corrected chi connectivity index (χ2v) is 20.5. The van der Waals surface area contributed by atoms with Gasteiger partial charge in [0.25, 0.3) is 11.8 Å². The van der Waals surface area contributed by atoms with E-state index in [9.17, 15) is 49.5 Å². The number of primary amides is 2. The van der Waals surface area contributed by atoms with Crippen molar-refractivity contribution in [1.82, 2.24) is 0 Å². The number of allylic oxidation sites excluding steroid dienone is 2. The van der Waals surface area contributed by atoms with Crippen molar-refractivity contribution in [1.29, 1.82) is 10.5 Å². The Morgan fingerprint density at radius 1 is 0.529 bits per heavy atom. The predicted molar refractivity (Wildman–Crippen MR) is 325 cm³/mol. The molecule has 0 aromatic heterocycles. The summed E-state index contributed by atoms with van der Waals surface area (Å²) in [5, 5.41) is 71.0. The lowest BCUT2D eigenvalue weighted by atomic mass is 9.77. The maximum absolute atomic E-state index is 12.8. The Morgan fingerprint density at radius 3 is 1.31 bits per heavy atom. The molecule has 6 aromatic carbocycles. The minimum atomic E-state index is -0.844. The molecule has 4 unspecified atom stereocenters. The number of carbonyl (C=O) groups is 6. The number of azo groups is 2. The van der Waals surface area contributed by atoms with E-state index >= 15 is 0 Å². The molecule has 0 fully saturated rings. The number of nitrogens with two attached hydrogens (primary N) is 3. The molecule has 6 aromatic rings. The van der Waals surface area contributed by atoms with Gasteiger partial charge in [-0.2, -0.15) is 20.8 Å². The van der Waals surface area contributed by atoms with Crippen LogP contribution in [0.1, 0.15) is 124 Å². The quantitative estimate of drug-likeness (QED) is 0.0125. The first kappa shape index (κ1) is 66.7. The lowest BCUT2D eigenvalue weighted by Gasteiger charge is -2.25. The van der Waals surface area contributed by atoms with E-state index in [0.29, 0.717) is 54.1 Å². The van der Waals surface area contributed by atoms with Gasteiger partial charge in [-0.3, -0.25) is 28.8 Å². The van der Waals surface area contributed by atoms with Crippen LogP contribution in [0, 0.1) is 33.5 Å². The van der Waals surface area contributed by atoms with E-state index in [-0.39, 0.29) is 70.3 Å². The van der Waals surface area contributed by atoms with Crippen molar-refractivity contribution in [3.05, 3.63) is 203 Å². The molecule has 0 aliphatic carbocycles. The minimum absolute atomic E-state index is 0.0472. The Morgan fingerprint density at radius 2 is 0.918 bits per heavy atom. The fraction of sp³-hybridized carbons (Fsp3) is 0.250. The number of nitrogen functional groups attached to an aromatic ring is 1. The maximum Gasteiger partial charge on any atom is 0.303 e. The number of aliphatic hydroxyl groups is 2. The molecule has 21 heteroatoms. The largest absolute Gasteiger partial charge is 0.510 e. The molecule has 0 bridgehead atoms. The van der Waals surface area contributed by atoms with Crippen LogP contribution in [-0.4, -0.2) is 50.8 Å². The van der Waals surface area contributed by atoms with Gasteiger partial charge in [-0.05, 0) is 149 Å². The first-order chi connectivity index (χ1) is 40.3. The van der Waals surface area contributed by atoms with Gasteiger partial charge in [0, 0.05) is 46.7 Å². The monoisotopic (exact) mass is 1150 g/mol.